The van der Waals surface area contributed by atoms with E-state index in [1.54, 1.807) is 0 Å². The smallest absolute Gasteiger partial charge is 0.414 e. The minimum Gasteiger partial charge on any atom is -0.465 e. The van der Waals surface area contributed by atoms with E-state index in [1.165, 1.54) is 6.54 Å². The van der Waals surface area contributed by atoms with Gasteiger partial charge in [-0.05, 0) is 0 Å². The van der Waals surface area contributed by atoms with Gasteiger partial charge in [0, 0.05) is 0 Å². The Bertz CT molecular complexity index is 134. The van der Waals surface area contributed by atoms with Crippen molar-refractivity contribution in [1.29, 1.82) is 0 Å². The van der Waals surface area contributed by atoms with Crippen molar-refractivity contribution < 1.29 is 14.7 Å². The molecule has 8 heavy (non-hydrogen) atoms. The molecule has 2 amide bonds. The third-order valence-electron chi connectivity index (χ3n) is 0.923. The average molecular weight is 114 g/mol. The van der Waals surface area contributed by atoms with Crippen LogP contribution < -0.4 is 0 Å². The molecule has 1 heterocycles. The number of imide groups is 1. The molecule has 0 saturated carbocycles. The van der Waals surface area contributed by atoms with Gasteiger partial charge in [0.05, 0.1) is 13.0 Å². The Hall–Kier alpha value is -1.06. The van der Waals surface area contributed by atoms with Crippen LogP contribution in [0.25, 0.3) is 0 Å². The molecule has 0 bridgehead atoms. The standard InChI is InChI=1S/C4H4NO3/c6-3-1-2-5(3)4(7)8/h2H,1H2,(H,7,8). The van der Waals surface area contributed by atoms with Crippen LogP contribution >= 0.6 is 0 Å². The molecule has 1 saturated heterocycles. The van der Waals surface area contributed by atoms with Crippen LogP contribution in [0, 0.1) is 6.54 Å². The molecule has 1 rings (SSSR count). The number of rotatable bonds is 0. The van der Waals surface area contributed by atoms with Crippen LogP contribution in [0.15, 0.2) is 0 Å². The third kappa shape index (κ3) is 0.538. The van der Waals surface area contributed by atoms with E-state index in [0.29, 0.717) is 4.90 Å². The van der Waals surface area contributed by atoms with Crippen LogP contribution in [-0.2, 0) is 4.79 Å². The highest BCUT2D eigenvalue weighted by Crippen LogP contribution is 2.12. The lowest BCUT2D eigenvalue weighted by molar-refractivity contribution is -0.133. The maximum atomic E-state index is 10.2. The van der Waals surface area contributed by atoms with Crippen LogP contribution in [-0.4, -0.2) is 22.0 Å². The molecule has 43 valence electrons. The Morgan fingerprint density at radius 2 is 2.50 bits per heavy atom. The van der Waals surface area contributed by atoms with E-state index in [2.05, 4.69) is 0 Å². The fourth-order valence-electron chi connectivity index (χ4n) is 0.442. The van der Waals surface area contributed by atoms with Crippen LogP contribution in [0.4, 0.5) is 4.79 Å². The summed E-state index contributed by atoms with van der Waals surface area (Å²) in [6, 6.07) is 0. The normalized spacial score (nSPS) is 18.0. The number of carboxylic acid groups (broad SMARTS) is 1. The number of nitrogens with zero attached hydrogens (tertiary/aromatic N) is 1. The van der Waals surface area contributed by atoms with Gasteiger partial charge in [0.1, 0.15) is 0 Å². The Kier molecular flexibility index (Phi) is 0.932. The number of carbonyl (C=O) groups is 2. The Balaban J connectivity index is 2.49. The van der Waals surface area contributed by atoms with E-state index in [1.807, 2.05) is 0 Å². The number of carbonyl (C=O) groups excluding carboxylic acids is 1. The lowest BCUT2D eigenvalue weighted by Crippen LogP contribution is -2.42. The molecule has 1 aliphatic rings. The molecule has 4 nitrogen and oxygen atoms in total. The van der Waals surface area contributed by atoms with E-state index in [9.17, 15) is 9.59 Å². The zero-order valence-corrected chi connectivity index (χ0v) is 4.00. The summed E-state index contributed by atoms with van der Waals surface area (Å²) in [5.41, 5.74) is 0. The molecule has 0 aromatic carbocycles. The van der Waals surface area contributed by atoms with Crippen molar-refractivity contribution in [3.63, 3.8) is 0 Å². The molecule has 0 spiro atoms. The van der Waals surface area contributed by atoms with E-state index in [-0.39, 0.29) is 12.3 Å². The van der Waals surface area contributed by atoms with E-state index >= 15 is 0 Å². The number of hydrogen-bond donors (Lipinski definition) is 1. The first-order chi connectivity index (χ1) is 3.72. The molecule has 0 aromatic rings. The molecule has 1 radical (unpaired) electrons. The summed E-state index contributed by atoms with van der Waals surface area (Å²) in [5.74, 6) is -0.350. The SMILES string of the molecule is O=C(O)N1[CH]CC1=O. The fraction of sp³-hybridized carbons (Fsp3) is 0.250. The highest BCUT2D eigenvalue weighted by Gasteiger charge is 2.29. The van der Waals surface area contributed by atoms with Crippen LogP contribution in [0.1, 0.15) is 6.42 Å². The Labute approximate surface area is 45.7 Å². The molecule has 0 aromatic heterocycles. The van der Waals surface area contributed by atoms with E-state index in [0.717, 1.165) is 0 Å². The van der Waals surface area contributed by atoms with Crippen molar-refractivity contribution in [2.24, 2.45) is 0 Å². The lowest BCUT2D eigenvalue weighted by Gasteiger charge is -2.23. The lowest BCUT2D eigenvalue weighted by atomic mass is 10.2. The van der Waals surface area contributed by atoms with Gasteiger partial charge in [-0.25, -0.2) is 9.69 Å². The van der Waals surface area contributed by atoms with Crippen molar-refractivity contribution in [1.82, 2.24) is 4.90 Å². The van der Waals surface area contributed by atoms with Crippen molar-refractivity contribution in [3.05, 3.63) is 6.54 Å². The zero-order chi connectivity index (χ0) is 6.15. The first kappa shape index (κ1) is 5.08. The van der Waals surface area contributed by atoms with Gasteiger partial charge in [0.15, 0.2) is 0 Å². The molecule has 1 aliphatic heterocycles. The summed E-state index contributed by atoms with van der Waals surface area (Å²) in [4.78, 5) is 20.7. The van der Waals surface area contributed by atoms with Crippen molar-refractivity contribution in [2.75, 3.05) is 0 Å². The maximum absolute atomic E-state index is 10.2. The van der Waals surface area contributed by atoms with Gasteiger partial charge < -0.3 is 5.11 Å². The summed E-state index contributed by atoms with van der Waals surface area (Å²) in [6.45, 7) is 1.32. The summed E-state index contributed by atoms with van der Waals surface area (Å²) in [5, 5.41) is 8.08. The van der Waals surface area contributed by atoms with E-state index < -0.39 is 6.09 Å². The molecule has 0 aliphatic carbocycles. The fourth-order valence-corrected chi connectivity index (χ4v) is 0.442. The monoisotopic (exact) mass is 114 g/mol. The van der Waals surface area contributed by atoms with Gasteiger partial charge in [-0.2, -0.15) is 0 Å². The molecular weight excluding hydrogens is 110 g/mol. The molecular formula is C4H4NO3. The first-order valence-corrected chi connectivity index (χ1v) is 2.10. The number of amides is 2. The second kappa shape index (κ2) is 1.47. The highest BCUT2D eigenvalue weighted by atomic mass is 16.4. The second-order valence-electron chi connectivity index (χ2n) is 1.43. The van der Waals surface area contributed by atoms with Gasteiger partial charge >= 0.3 is 6.09 Å². The van der Waals surface area contributed by atoms with E-state index in [4.69, 9.17) is 5.11 Å². The van der Waals surface area contributed by atoms with Crippen LogP contribution in [0.3, 0.4) is 0 Å². The number of β-lactam (4-membered cyclic amide) rings is 1. The summed E-state index contributed by atoms with van der Waals surface area (Å²) >= 11 is 0. The minimum atomic E-state index is -1.19. The van der Waals surface area contributed by atoms with Gasteiger partial charge in [-0.1, -0.05) is 0 Å². The molecule has 0 unspecified atom stereocenters. The predicted octanol–water partition coefficient (Wildman–Crippen LogP) is 0.0585. The minimum absolute atomic E-state index is 0.256. The number of hydrogen-bond acceptors (Lipinski definition) is 2. The topological polar surface area (TPSA) is 57.6 Å². The van der Waals surface area contributed by atoms with Gasteiger partial charge in [0.2, 0.25) is 5.91 Å². The van der Waals surface area contributed by atoms with Crippen molar-refractivity contribution >= 4 is 12.0 Å². The molecule has 1 N–H and O–H groups in total. The molecule has 4 heteroatoms. The molecule has 1 fully saturated rings. The van der Waals surface area contributed by atoms with Crippen molar-refractivity contribution in [2.45, 2.75) is 6.42 Å². The predicted molar refractivity (Wildman–Crippen MR) is 23.8 cm³/mol. The summed E-state index contributed by atoms with van der Waals surface area (Å²) in [7, 11) is 0. The van der Waals surface area contributed by atoms with Gasteiger partial charge in [0.25, 0.3) is 0 Å². The average Bonchev–Trinajstić information content (AvgIpc) is 1.61. The largest absolute Gasteiger partial charge is 0.465 e. The maximum Gasteiger partial charge on any atom is 0.414 e. The zero-order valence-electron chi connectivity index (χ0n) is 4.00. The first-order valence-electron chi connectivity index (χ1n) is 2.10. The number of likely N-dealkylation sites (tertiary alicyclic amines) is 1. The quantitative estimate of drug-likeness (QED) is 0.453. The van der Waals surface area contributed by atoms with Gasteiger partial charge in [-0.3, -0.25) is 4.79 Å². The highest BCUT2D eigenvalue weighted by molar-refractivity contribution is 5.97. The summed E-state index contributed by atoms with van der Waals surface area (Å²) in [6.07, 6.45) is -0.937. The Morgan fingerprint density at radius 3 is 2.50 bits per heavy atom. The van der Waals surface area contributed by atoms with Crippen molar-refractivity contribution in [3.8, 4) is 0 Å². The Morgan fingerprint density at radius 1 is 1.88 bits per heavy atom. The second-order valence-corrected chi connectivity index (χ2v) is 1.43. The summed E-state index contributed by atoms with van der Waals surface area (Å²) < 4.78 is 0. The van der Waals surface area contributed by atoms with Crippen LogP contribution in [0.2, 0.25) is 0 Å². The third-order valence-corrected chi connectivity index (χ3v) is 0.923. The molecule has 0 atom stereocenters. The van der Waals surface area contributed by atoms with Crippen LogP contribution in [0.5, 0.6) is 0 Å². The van der Waals surface area contributed by atoms with Gasteiger partial charge in [-0.15, -0.1) is 0 Å².